The van der Waals surface area contributed by atoms with E-state index in [2.05, 4.69) is 41.5 Å². The van der Waals surface area contributed by atoms with E-state index in [1.54, 1.807) is 0 Å². The van der Waals surface area contributed by atoms with Gasteiger partial charge in [-0.2, -0.15) is 0 Å². The van der Waals surface area contributed by atoms with Crippen LogP contribution < -0.4 is 12.4 Å². The Morgan fingerprint density at radius 1 is 0.254 bits per heavy atom. The van der Waals surface area contributed by atoms with E-state index in [-0.39, 0.29) is 24.7 Å². The summed E-state index contributed by atoms with van der Waals surface area (Å²) >= 11 is -3.06. The molecule has 0 unspecified atom stereocenters. The zero-order valence-corrected chi connectivity index (χ0v) is 43.4. The van der Waals surface area contributed by atoms with E-state index in [9.17, 15) is 14.4 Å². The molecule has 59 heavy (non-hydrogen) atoms. The van der Waals surface area contributed by atoms with Crippen LogP contribution in [0.2, 0.25) is 0 Å². The molecule has 0 heterocycles. The standard InChI is InChI=1S/3C18H35O.ClH.Ti/c3*1-18(2)16-14-12-10-8-6-4-3-5-7-9-11-13-15-17-19;;/h3*18H,3-16H2,1-2H3;1H;/q;;;;+1/p-1. The molecule has 0 bridgehead atoms. The van der Waals surface area contributed by atoms with Gasteiger partial charge in [0, 0.05) is 0 Å². The smallest absolute Gasteiger partial charge is 1.00 e. The average molecular weight is 886 g/mol. The van der Waals surface area contributed by atoms with Gasteiger partial charge in [-0.1, -0.05) is 99.3 Å². The molecule has 0 aromatic carbocycles. The molecule has 5 heteroatoms. The SMILES string of the molecule is CC(C)CCCCCCCCCCCCCC[C](=O)[Ti+]([C](=O)CCCCCCCCCCCCCCC(C)C)[C](=O)CCCCCCCCCCCCCCC(C)C.[Cl-]. The minimum Gasteiger partial charge on any atom is -1.00 e. The molecule has 0 aliphatic heterocycles. The van der Waals surface area contributed by atoms with E-state index < -0.39 is 17.9 Å². The number of unbranched alkanes of at least 4 members (excludes halogenated alkanes) is 33. The summed E-state index contributed by atoms with van der Waals surface area (Å²) in [5.74, 6) is 2.52. The molecule has 0 spiro atoms. The maximum absolute atomic E-state index is 13.5. The van der Waals surface area contributed by atoms with Gasteiger partial charge in [0.15, 0.2) is 0 Å². The van der Waals surface area contributed by atoms with E-state index >= 15 is 0 Å². The van der Waals surface area contributed by atoms with Crippen LogP contribution in [-0.4, -0.2) is 12.3 Å². The average Bonchev–Trinajstić information content (AvgIpc) is 3.17. The van der Waals surface area contributed by atoms with Gasteiger partial charge >= 0.3 is 256 Å². The van der Waals surface area contributed by atoms with Gasteiger partial charge in [0.2, 0.25) is 0 Å². The van der Waals surface area contributed by atoms with E-state index in [0.717, 1.165) is 56.3 Å². The summed E-state index contributed by atoms with van der Waals surface area (Å²) in [5.41, 5.74) is 0. The second kappa shape index (κ2) is 47.5. The molecule has 0 atom stereocenters. The Balaban J connectivity index is 0. The predicted molar refractivity (Wildman–Crippen MR) is 253 cm³/mol. The Morgan fingerprint density at radius 2 is 0.390 bits per heavy atom. The first-order valence-electron chi connectivity index (χ1n) is 26.6. The topological polar surface area (TPSA) is 51.2 Å². The van der Waals surface area contributed by atoms with Crippen LogP contribution in [0, 0.1) is 17.8 Å². The van der Waals surface area contributed by atoms with Crippen LogP contribution in [0.15, 0.2) is 0 Å². The van der Waals surface area contributed by atoms with Crippen molar-refractivity contribution in [2.75, 3.05) is 0 Å². The number of hydrogen-bond donors (Lipinski definition) is 0. The number of carbonyl (C=O) groups is 3. The van der Waals surface area contributed by atoms with Gasteiger partial charge in [-0.25, -0.2) is 0 Å². The summed E-state index contributed by atoms with van der Waals surface area (Å²) in [6.07, 6.45) is 51.5. The fourth-order valence-corrected chi connectivity index (χ4v) is 12.1. The van der Waals surface area contributed by atoms with E-state index in [4.69, 9.17) is 0 Å². The number of carbonyl (C=O) groups excluding carboxylic acids is 3. The molecule has 0 N–H and O–H groups in total. The van der Waals surface area contributed by atoms with Crippen molar-refractivity contribution in [1.82, 2.24) is 0 Å². The third-order valence-corrected chi connectivity index (χ3v) is 16.4. The van der Waals surface area contributed by atoms with Crippen LogP contribution in [-0.2, 0) is 32.3 Å². The van der Waals surface area contributed by atoms with Crippen LogP contribution in [0.25, 0.3) is 0 Å². The molecule has 0 saturated heterocycles. The summed E-state index contributed by atoms with van der Waals surface area (Å²) in [4.78, 5) is 40.5. The minimum absolute atomic E-state index is 0. The number of rotatable bonds is 48. The van der Waals surface area contributed by atoms with E-state index in [0.29, 0.717) is 19.3 Å². The van der Waals surface area contributed by atoms with Crippen LogP contribution in [0.4, 0.5) is 0 Å². The van der Waals surface area contributed by atoms with Gasteiger partial charge in [0.1, 0.15) is 0 Å². The second-order valence-corrected chi connectivity index (χ2v) is 24.0. The fourth-order valence-electron chi connectivity index (χ4n) is 8.66. The zero-order chi connectivity index (χ0) is 42.7. The third kappa shape index (κ3) is 45.8. The molecule has 0 saturated carbocycles. The van der Waals surface area contributed by atoms with Gasteiger partial charge in [-0.15, -0.1) is 0 Å². The summed E-state index contributed by atoms with van der Waals surface area (Å²) in [6.45, 7) is 13.9. The van der Waals surface area contributed by atoms with E-state index in [1.807, 2.05) is 0 Å². The molecule has 0 rings (SSSR count). The zero-order valence-electron chi connectivity index (χ0n) is 41.0. The Kier molecular flexibility index (Phi) is 49.2. The van der Waals surface area contributed by atoms with Crippen molar-refractivity contribution in [3.63, 3.8) is 0 Å². The molecular weight excluding hydrogens is 780 g/mol. The molecule has 3 nitrogen and oxygen atoms in total. The van der Waals surface area contributed by atoms with Crippen LogP contribution >= 0.6 is 0 Å². The Bertz CT molecular complexity index is 788. The first-order valence-corrected chi connectivity index (χ1v) is 29.0. The molecule has 0 aromatic rings. The van der Waals surface area contributed by atoms with Gasteiger partial charge in [0.05, 0.1) is 0 Å². The van der Waals surface area contributed by atoms with Crippen molar-refractivity contribution < 1.29 is 44.7 Å². The van der Waals surface area contributed by atoms with Crippen LogP contribution in [0.3, 0.4) is 0 Å². The molecule has 0 aliphatic carbocycles. The van der Waals surface area contributed by atoms with Crippen molar-refractivity contribution in [2.45, 2.75) is 311 Å². The summed E-state index contributed by atoms with van der Waals surface area (Å²) in [6, 6.07) is 0. The summed E-state index contributed by atoms with van der Waals surface area (Å²) in [5, 5.41) is 0. The van der Waals surface area contributed by atoms with Crippen molar-refractivity contribution >= 4 is 12.3 Å². The van der Waals surface area contributed by atoms with Crippen molar-refractivity contribution in [3.8, 4) is 0 Å². The number of hydrogen-bond acceptors (Lipinski definition) is 3. The van der Waals surface area contributed by atoms with E-state index in [1.165, 1.54) is 212 Å². The summed E-state index contributed by atoms with van der Waals surface area (Å²) in [7, 11) is 0. The van der Waals surface area contributed by atoms with Gasteiger partial charge in [-0.05, 0) is 17.8 Å². The number of halogens is 1. The van der Waals surface area contributed by atoms with Gasteiger partial charge in [-0.3, -0.25) is 0 Å². The Hall–Kier alpha value is 0.0143. The monoisotopic (exact) mass is 885 g/mol. The fraction of sp³-hybridized carbons (Fsp3) is 0.944. The first-order chi connectivity index (χ1) is 28.1. The molecule has 350 valence electrons. The van der Waals surface area contributed by atoms with Crippen molar-refractivity contribution in [2.24, 2.45) is 17.8 Å². The van der Waals surface area contributed by atoms with Crippen molar-refractivity contribution in [1.29, 1.82) is 0 Å². The predicted octanol–water partition coefficient (Wildman–Crippen LogP) is 15.5. The molecule has 0 aliphatic rings. The molecule has 0 amide bonds. The normalized spacial score (nSPS) is 11.5. The maximum atomic E-state index is 13.5. The van der Waals surface area contributed by atoms with Crippen LogP contribution in [0.1, 0.15) is 311 Å². The Labute approximate surface area is 383 Å². The van der Waals surface area contributed by atoms with Gasteiger partial charge < -0.3 is 12.4 Å². The van der Waals surface area contributed by atoms with Crippen LogP contribution in [0.5, 0.6) is 0 Å². The Morgan fingerprint density at radius 3 is 0.542 bits per heavy atom. The van der Waals surface area contributed by atoms with Gasteiger partial charge in [0.25, 0.3) is 0 Å². The van der Waals surface area contributed by atoms with Crippen molar-refractivity contribution in [3.05, 3.63) is 0 Å². The quantitative estimate of drug-likeness (QED) is 0.0452. The first kappa shape index (κ1) is 61.1. The third-order valence-electron chi connectivity index (χ3n) is 12.6. The minimum atomic E-state index is -3.06. The molecule has 0 radical (unpaired) electrons. The second-order valence-electron chi connectivity index (χ2n) is 20.2. The molecule has 0 aromatic heterocycles. The molecule has 0 fully saturated rings. The molecular formula is C54H105ClO3Ti. The summed E-state index contributed by atoms with van der Waals surface area (Å²) < 4.78 is 0.259.